The average molecular weight is 307 g/mol. The highest BCUT2D eigenvalue weighted by atomic mass is 35.5. The zero-order valence-corrected chi connectivity index (χ0v) is 13.1. The van der Waals surface area contributed by atoms with E-state index in [1.54, 1.807) is 0 Å². The molecule has 1 aromatic heterocycles. The predicted molar refractivity (Wildman–Crippen MR) is 83.3 cm³/mol. The zero-order chi connectivity index (χ0) is 15.1. The zero-order valence-electron chi connectivity index (χ0n) is 12.3. The third-order valence-corrected chi connectivity index (χ3v) is 3.19. The Bertz CT molecular complexity index is 573. The largest absolute Gasteiger partial charge is 0.494 e. The van der Waals surface area contributed by atoms with Crippen molar-refractivity contribution in [1.82, 2.24) is 9.97 Å². The van der Waals surface area contributed by atoms with Gasteiger partial charge in [-0.25, -0.2) is 9.97 Å². The molecule has 112 valence electrons. The van der Waals surface area contributed by atoms with Gasteiger partial charge in [-0.15, -0.1) is 0 Å². The van der Waals surface area contributed by atoms with E-state index >= 15 is 0 Å². The Morgan fingerprint density at radius 3 is 2.38 bits per heavy atom. The van der Waals surface area contributed by atoms with Gasteiger partial charge in [0.05, 0.1) is 12.2 Å². The number of nitrogens with zero attached hydrogens (tertiary/aromatic N) is 2. The standard InChI is InChI=1S/C16H19ClN2O2/c1-3-5-14-15(17)18-11-19-16(14)21-13-8-6-12(7-9-13)20-10-4-2/h6-9,11H,3-5,10H2,1-2H3. The maximum Gasteiger partial charge on any atom is 0.226 e. The van der Waals surface area contributed by atoms with Crippen molar-refractivity contribution >= 4 is 11.6 Å². The minimum absolute atomic E-state index is 0.449. The van der Waals surface area contributed by atoms with E-state index < -0.39 is 0 Å². The van der Waals surface area contributed by atoms with Gasteiger partial charge in [0, 0.05) is 0 Å². The van der Waals surface area contributed by atoms with Crippen molar-refractivity contribution in [2.24, 2.45) is 0 Å². The van der Waals surface area contributed by atoms with E-state index in [0.29, 0.717) is 23.4 Å². The summed E-state index contributed by atoms with van der Waals surface area (Å²) in [6, 6.07) is 7.48. The summed E-state index contributed by atoms with van der Waals surface area (Å²) in [5, 5.41) is 0.449. The Labute approximate surface area is 130 Å². The summed E-state index contributed by atoms with van der Waals surface area (Å²) in [6.07, 6.45) is 4.13. The van der Waals surface area contributed by atoms with E-state index in [0.717, 1.165) is 30.6 Å². The summed E-state index contributed by atoms with van der Waals surface area (Å²) in [7, 11) is 0. The molecular formula is C16H19ClN2O2. The smallest absolute Gasteiger partial charge is 0.226 e. The number of benzene rings is 1. The highest BCUT2D eigenvalue weighted by molar-refractivity contribution is 6.30. The Kier molecular flexibility index (Phi) is 5.81. The second kappa shape index (κ2) is 7.84. The summed E-state index contributed by atoms with van der Waals surface area (Å²) < 4.78 is 11.4. The molecule has 1 aromatic carbocycles. The van der Waals surface area contributed by atoms with Crippen LogP contribution in [0.25, 0.3) is 0 Å². The van der Waals surface area contributed by atoms with Crippen molar-refractivity contribution in [3.8, 4) is 17.4 Å². The number of aromatic nitrogens is 2. The molecule has 0 amide bonds. The van der Waals surface area contributed by atoms with Crippen LogP contribution in [0.4, 0.5) is 0 Å². The first-order valence-corrected chi connectivity index (χ1v) is 7.52. The lowest BCUT2D eigenvalue weighted by molar-refractivity contribution is 0.317. The molecule has 0 saturated carbocycles. The molecule has 4 nitrogen and oxygen atoms in total. The third kappa shape index (κ3) is 4.33. The summed E-state index contributed by atoms with van der Waals surface area (Å²) in [6.45, 7) is 4.86. The number of rotatable bonds is 7. The van der Waals surface area contributed by atoms with Gasteiger partial charge in [0.2, 0.25) is 5.88 Å². The van der Waals surface area contributed by atoms with Crippen LogP contribution in [0.3, 0.4) is 0 Å². The molecule has 0 radical (unpaired) electrons. The van der Waals surface area contributed by atoms with Crippen molar-refractivity contribution < 1.29 is 9.47 Å². The van der Waals surface area contributed by atoms with Gasteiger partial charge in [0.25, 0.3) is 0 Å². The van der Waals surface area contributed by atoms with Crippen LogP contribution in [0.1, 0.15) is 32.3 Å². The highest BCUT2D eigenvalue weighted by Crippen LogP contribution is 2.28. The van der Waals surface area contributed by atoms with Crippen LogP contribution in [-0.2, 0) is 6.42 Å². The molecule has 0 aliphatic rings. The van der Waals surface area contributed by atoms with Gasteiger partial charge in [-0.05, 0) is 37.1 Å². The molecule has 0 saturated heterocycles. The second-order valence-electron chi connectivity index (χ2n) is 4.62. The third-order valence-electron chi connectivity index (χ3n) is 2.86. The lowest BCUT2D eigenvalue weighted by Gasteiger charge is -2.11. The Morgan fingerprint density at radius 2 is 1.71 bits per heavy atom. The first kappa shape index (κ1) is 15.6. The van der Waals surface area contributed by atoms with E-state index in [-0.39, 0.29) is 0 Å². The molecule has 2 rings (SSSR count). The highest BCUT2D eigenvalue weighted by Gasteiger charge is 2.11. The Hall–Kier alpha value is -1.81. The van der Waals surface area contributed by atoms with Crippen molar-refractivity contribution in [3.63, 3.8) is 0 Å². The van der Waals surface area contributed by atoms with Gasteiger partial charge in [-0.2, -0.15) is 0 Å². The molecule has 21 heavy (non-hydrogen) atoms. The fourth-order valence-corrected chi connectivity index (χ4v) is 2.08. The van der Waals surface area contributed by atoms with Crippen LogP contribution in [0.15, 0.2) is 30.6 Å². The summed E-state index contributed by atoms with van der Waals surface area (Å²) in [5.41, 5.74) is 0.841. The summed E-state index contributed by atoms with van der Waals surface area (Å²) in [5.74, 6) is 2.05. The molecule has 0 N–H and O–H groups in total. The van der Waals surface area contributed by atoms with Crippen LogP contribution in [0, 0.1) is 0 Å². The predicted octanol–water partition coefficient (Wildman–Crippen LogP) is 4.66. The fourth-order valence-electron chi connectivity index (χ4n) is 1.86. The van der Waals surface area contributed by atoms with Crippen molar-refractivity contribution in [2.45, 2.75) is 33.1 Å². The number of ether oxygens (including phenoxy) is 2. The first-order valence-electron chi connectivity index (χ1n) is 7.14. The number of hydrogen-bond acceptors (Lipinski definition) is 4. The lowest BCUT2D eigenvalue weighted by Crippen LogP contribution is -1.98. The molecule has 0 bridgehead atoms. The van der Waals surface area contributed by atoms with Crippen LogP contribution in [0.5, 0.6) is 17.4 Å². The number of hydrogen-bond donors (Lipinski definition) is 0. The number of halogens is 1. The van der Waals surface area contributed by atoms with E-state index in [4.69, 9.17) is 21.1 Å². The van der Waals surface area contributed by atoms with Crippen LogP contribution in [0.2, 0.25) is 5.15 Å². The molecule has 0 aliphatic carbocycles. The van der Waals surface area contributed by atoms with E-state index in [1.165, 1.54) is 6.33 Å². The molecule has 0 fully saturated rings. The van der Waals surface area contributed by atoms with Crippen molar-refractivity contribution in [3.05, 3.63) is 41.3 Å². The van der Waals surface area contributed by atoms with Crippen molar-refractivity contribution in [1.29, 1.82) is 0 Å². The topological polar surface area (TPSA) is 44.2 Å². The Balaban J connectivity index is 2.12. The fraction of sp³-hybridized carbons (Fsp3) is 0.375. The molecule has 0 spiro atoms. The maximum atomic E-state index is 6.11. The first-order chi connectivity index (χ1) is 10.2. The molecule has 1 heterocycles. The van der Waals surface area contributed by atoms with E-state index in [9.17, 15) is 0 Å². The van der Waals surface area contributed by atoms with Crippen molar-refractivity contribution in [2.75, 3.05) is 6.61 Å². The average Bonchev–Trinajstić information content (AvgIpc) is 2.50. The van der Waals surface area contributed by atoms with Gasteiger partial charge < -0.3 is 9.47 Å². The molecule has 0 unspecified atom stereocenters. The van der Waals surface area contributed by atoms with Crippen LogP contribution >= 0.6 is 11.6 Å². The minimum Gasteiger partial charge on any atom is -0.494 e. The van der Waals surface area contributed by atoms with Gasteiger partial charge in [-0.3, -0.25) is 0 Å². The molecule has 0 aliphatic heterocycles. The van der Waals surface area contributed by atoms with Crippen LogP contribution in [-0.4, -0.2) is 16.6 Å². The van der Waals surface area contributed by atoms with Gasteiger partial charge in [0.15, 0.2) is 0 Å². The quantitative estimate of drug-likeness (QED) is 0.698. The normalized spacial score (nSPS) is 10.4. The Morgan fingerprint density at radius 1 is 1.00 bits per heavy atom. The second-order valence-corrected chi connectivity index (χ2v) is 4.98. The summed E-state index contributed by atoms with van der Waals surface area (Å²) >= 11 is 6.11. The SMILES string of the molecule is CCCOc1ccc(Oc2ncnc(Cl)c2CCC)cc1. The molecular weight excluding hydrogens is 288 g/mol. The monoisotopic (exact) mass is 306 g/mol. The molecule has 5 heteroatoms. The molecule has 0 atom stereocenters. The molecule has 2 aromatic rings. The van der Waals surface area contributed by atoms with Crippen LogP contribution < -0.4 is 9.47 Å². The van der Waals surface area contributed by atoms with Gasteiger partial charge in [0.1, 0.15) is 23.0 Å². The summed E-state index contributed by atoms with van der Waals surface area (Å²) in [4.78, 5) is 8.18. The maximum absolute atomic E-state index is 6.11. The minimum atomic E-state index is 0.449. The van der Waals surface area contributed by atoms with E-state index in [2.05, 4.69) is 23.8 Å². The van der Waals surface area contributed by atoms with Gasteiger partial charge >= 0.3 is 0 Å². The van der Waals surface area contributed by atoms with Gasteiger partial charge in [-0.1, -0.05) is 31.9 Å². The van der Waals surface area contributed by atoms with E-state index in [1.807, 2.05) is 24.3 Å². The lowest BCUT2D eigenvalue weighted by atomic mass is 10.2.